The fourth-order valence-electron chi connectivity index (χ4n) is 2.20. The van der Waals surface area contributed by atoms with E-state index in [0.29, 0.717) is 0 Å². The molecule has 0 bridgehead atoms. The predicted octanol–water partition coefficient (Wildman–Crippen LogP) is 1.85. The molecule has 1 saturated heterocycles. The maximum Gasteiger partial charge on any atom is 0.209 e. The van der Waals surface area contributed by atoms with Gasteiger partial charge in [-0.3, -0.25) is 4.98 Å². The van der Waals surface area contributed by atoms with Crippen molar-refractivity contribution in [2.75, 3.05) is 6.61 Å². The molecule has 0 radical (unpaired) electrons. The summed E-state index contributed by atoms with van der Waals surface area (Å²) in [5.74, 6) is 0.776. The molecule has 0 saturated carbocycles. The van der Waals surface area contributed by atoms with Crippen molar-refractivity contribution in [3.8, 4) is 0 Å². The molecule has 0 amide bonds. The quantitative estimate of drug-likeness (QED) is 0.783. The molecule has 1 atom stereocenters. The van der Waals surface area contributed by atoms with Gasteiger partial charge < -0.3 is 4.74 Å². The smallest absolute Gasteiger partial charge is 0.209 e. The van der Waals surface area contributed by atoms with Gasteiger partial charge in [-0.1, -0.05) is 17.8 Å². The highest BCUT2D eigenvalue weighted by Crippen LogP contribution is 2.22. The third kappa shape index (κ3) is 3.16. The number of aryl methyl sites for hydroxylation is 1. The van der Waals surface area contributed by atoms with E-state index < -0.39 is 0 Å². The van der Waals surface area contributed by atoms with Crippen molar-refractivity contribution in [3.05, 3.63) is 29.6 Å². The van der Waals surface area contributed by atoms with Crippen LogP contribution >= 0.6 is 11.8 Å². The molecule has 0 spiro atoms. The van der Waals surface area contributed by atoms with E-state index in [1.807, 2.05) is 16.9 Å². The first-order valence-corrected chi connectivity index (χ1v) is 7.72. The molecule has 0 aliphatic carbocycles. The van der Waals surface area contributed by atoms with Crippen LogP contribution in [0.3, 0.4) is 0 Å². The number of nitrogens with zero attached hydrogens (tertiary/aromatic N) is 5. The van der Waals surface area contributed by atoms with Crippen LogP contribution in [-0.2, 0) is 17.0 Å². The highest BCUT2D eigenvalue weighted by Gasteiger charge is 2.19. The molecule has 7 heteroatoms. The van der Waals surface area contributed by atoms with E-state index in [1.54, 1.807) is 11.8 Å². The zero-order chi connectivity index (χ0) is 13.8. The van der Waals surface area contributed by atoms with Crippen LogP contribution in [0.2, 0.25) is 0 Å². The standard InChI is InChI=1S/C13H17N5OS/c1-10-4-2-6-14-12(10)9-20-13-15-16-17-18(13)8-11-5-3-7-19-11/h2,4,6,11H,3,5,7-9H2,1H3/t11-/m0/s1. The molecule has 0 aromatic carbocycles. The molecule has 2 aromatic rings. The van der Waals surface area contributed by atoms with Crippen LogP contribution in [0.1, 0.15) is 24.1 Å². The minimum atomic E-state index is 0.245. The minimum Gasteiger partial charge on any atom is -0.376 e. The summed E-state index contributed by atoms with van der Waals surface area (Å²) in [7, 11) is 0. The lowest BCUT2D eigenvalue weighted by molar-refractivity contribution is 0.0912. The Kier molecular flexibility index (Phi) is 4.27. The summed E-state index contributed by atoms with van der Waals surface area (Å²) in [4.78, 5) is 4.39. The predicted molar refractivity (Wildman–Crippen MR) is 75.3 cm³/mol. The SMILES string of the molecule is Cc1cccnc1CSc1nnnn1C[C@@H]1CCCO1. The summed E-state index contributed by atoms with van der Waals surface area (Å²) < 4.78 is 7.46. The van der Waals surface area contributed by atoms with Gasteiger partial charge in [0.25, 0.3) is 0 Å². The highest BCUT2D eigenvalue weighted by atomic mass is 32.2. The first-order chi connectivity index (χ1) is 9.83. The van der Waals surface area contributed by atoms with E-state index in [4.69, 9.17) is 4.74 Å². The maximum absolute atomic E-state index is 5.63. The van der Waals surface area contributed by atoms with Crippen LogP contribution in [0.25, 0.3) is 0 Å². The van der Waals surface area contributed by atoms with Gasteiger partial charge in [0, 0.05) is 18.6 Å². The number of aromatic nitrogens is 5. The van der Waals surface area contributed by atoms with Gasteiger partial charge in [0.05, 0.1) is 18.3 Å². The number of pyridine rings is 1. The van der Waals surface area contributed by atoms with Gasteiger partial charge in [-0.05, 0) is 41.8 Å². The largest absolute Gasteiger partial charge is 0.376 e. The molecule has 3 rings (SSSR count). The first-order valence-electron chi connectivity index (χ1n) is 6.74. The highest BCUT2D eigenvalue weighted by molar-refractivity contribution is 7.98. The molecule has 1 aliphatic rings. The van der Waals surface area contributed by atoms with Gasteiger partial charge in [0.15, 0.2) is 0 Å². The van der Waals surface area contributed by atoms with Crippen LogP contribution in [0.5, 0.6) is 0 Å². The second-order valence-electron chi connectivity index (χ2n) is 4.83. The van der Waals surface area contributed by atoms with E-state index in [0.717, 1.165) is 42.6 Å². The topological polar surface area (TPSA) is 65.7 Å². The Morgan fingerprint density at radius 3 is 3.25 bits per heavy atom. The second kappa shape index (κ2) is 6.32. The molecule has 6 nitrogen and oxygen atoms in total. The molecule has 106 valence electrons. The van der Waals surface area contributed by atoms with Crippen molar-refractivity contribution >= 4 is 11.8 Å². The van der Waals surface area contributed by atoms with Crippen LogP contribution in [0.15, 0.2) is 23.5 Å². The van der Waals surface area contributed by atoms with Gasteiger partial charge in [0.1, 0.15) is 0 Å². The molecular formula is C13H17N5OS. The van der Waals surface area contributed by atoms with E-state index in [9.17, 15) is 0 Å². The average Bonchev–Trinajstić information content (AvgIpc) is 3.10. The Balaban J connectivity index is 1.63. The van der Waals surface area contributed by atoms with Crippen LogP contribution in [-0.4, -0.2) is 37.9 Å². The van der Waals surface area contributed by atoms with Crippen LogP contribution in [0.4, 0.5) is 0 Å². The summed E-state index contributed by atoms with van der Waals surface area (Å²) in [6.07, 6.45) is 4.28. The third-order valence-corrected chi connectivity index (χ3v) is 4.32. The normalized spacial score (nSPS) is 18.6. The first kappa shape index (κ1) is 13.5. The zero-order valence-corrected chi connectivity index (χ0v) is 12.2. The fraction of sp³-hybridized carbons (Fsp3) is 0.538. The number of hydrogen-bond donors (Lipinski definition) is 0. The maximum atomic E-state index is 5.63. The van der Waals surface area contributed by atoms with Crippen molar-refractivity contribution in [2.24, 2.45) is 0 Å². The molecule has 3 heterocycles. The molecule has 1 aliphatic heterocycles. The summed E-state index contributed by atoms with van der Waals surface area (Å²) >= 11 is 1.61. The monoisotopic (exact) mass is 291 g/mol. The summed E-state index contributed by atoms with van der Waals surface area (Å²) in [5, 5.41) is 12.7. The Hall–Kier alpha value is -1.47. The number of thioether (sulfide) groups is 1. The van der Waals surface area contributed by atoms with Gasteiger partial charge in [-0.2, -0.15) is 0 Å². The van der Waals surface area contributed by atoms with E-state index >= 15 is 0 Å². The van der Waals surface area contributed by atoms with Crippen molar-refractivity contribution in [2.45, 2.75) is 43.3 Å². The molecule has 0 unspecified atom stereocenters. The van der Waals surface area contributed by atoms with Crippen molar-refractivity contribution in [1.82, 2.24) is 25.2 Å². The second-order valence-corrected chi connectivity index (χ2v) is 5.78. The summed E-state index contributed by atoms with van der Waals surface area (Å²) in [6, 6.07) is 4.02. The third-order valence-electron chi connectivity index (χ3n) is 3.36. The van der Waals surface area contributed by atoms with Crippen LogP contribution in [0, 0.1) is 6.92 Å². The lowest BCUT2D eigenvalue weighted by Crippen LogP contribution is -2.16. The summed E-state index contributed by atoms with van der Waals surface area (Å²) in [6.45, 7) is 3.65. The number of hydrogen-bond acceptors (Lipinski definition) is 6. The van der Waals surface area contributed by atoms with Crippen molar-refractivity contribution in [3.63, 3.8) is 0 Å². The van der Waals surface area contributed by atoms with E-state index in [2.05, 4.69) is 33.5 Å². The average molecular weight is 291 g/mol. The lowest BCUT2D eigenvalue weighted by Gasteiger charge is -2.10. The number of tetrazole rings is 1. The van der Waals surface area contributed by atoms with Crippen LogP contribution < -0.4 is 0 Å². The lowest BCUT2D eigenvalue weighted by atomic mass is 10.2. The molecule has 0 N–H and O–H groups in total. The zero-order valence-electron chi connectivity index (χ0n) is 11.4. The van der Waals surface area contributed by atoms with Gasteiger partial charge in [-0.15, -0.1) is 5.10 Å². The Bertz CT molecular complexity index is 567. The molecular weight excluding hydrogens is 274 g/mol. The van der Waals surface area contributed by atoms with Crippen molar-refractivity contribution in [1.29, 1.82) is 0 Å². The molecule has 1 fully saturated rings. The number of rotatable bonds is 5. The summed E-state index contributed by atoms with van der Waals surface area (Å²) in [5.41, 5.74) is 2.27. The fourth-order valence-corrected chi connectivity index (χ4v) is 3.12. The van der Waals surface area contributed by atoms with Gasteiger partial charge in [-0.25, -0.2) is 4.68 Å². The Morgan fingerprint density at radius 2 is 2.45 bits per heavy atom. The van der Waals surface area contributed by atoms with E-state index in [1.165, 1.54) is 5.56 Å². The van der Waals surface area contributed by atoms with E-state index in [-0.39, 0.29) is 6.10 Å². The van der Waals surface area contributed by atoms with Gasteiger partial charge >= 0.3 is 0 Å². The number of ether oxygens (including phenoxy) is 1. The Labute approximate surface area is 121 Å². The van der Waals surface area contributed by atoms with Crippen molar-refractivity contribution < 1.29 is 4.74 Å². The van der Waals surface area contributed by atoms with Gasteiger partial charge in [0.2, 0.25) is 5.16 Å². The molecule has 20 heavy (non-hydrogen) atoms. The minimum absolute atomic E-state index is 0.245. The molecule has 2 aromatic heterocycles. The Morgan fingerprint density at radius 1 is 1.50 bits per heavy atom.